The molecule has 1 N–H and O–H groups in total. The SMILES string of the molecule is CCc1cc(Oc2cccc(NCC3CCCC(C(F)(F)F)C3)c2)ccc1Cl. The second kappa shape index (κ2) is 9.08. The summed E-state index contributed by atoms with van der Waals surface area (Å²) in [6.45, 7) is 2.57. The van der Waals surface area contributed by atoms with Crippen LogP contribution in [-0.2, 0) is 6.42 Å². The lowest BCUT2D eigenvalue weighted by atomic mass is 9.81. The van der Waals surface area contributed by atoms with Gasteiger partial charge in [-0.05, 0) is 67.5 Å². The largest absolute Gasteiger partial charge is 0.457 e. The van der Waals surface area contributed by atoms with Crippen LogP contribution < -0.4 is 10.1 Å². The maximum atomic E-state index is 13.0. The highest BCUT2D eigenvalue weighted by Gasteiger charge is 2.41. The van der Waals surface area contributed by atoms with Gasteiger partial charge in [-0.3, -0.25) is 0 Å². The number of rotatable bonds is 6. The molecule has 6 heteroatoms. The Hall–Kier alpha value is -1.88. The Morgan fingerprint density at radius 3 is 2.64 bits per heavy atom. The fourth-order valence-corrected chi connectivity index (χ4v) is 3.98. The first-order valence-electron chi connectivity index (χ1n) is 9.72. The molecule has 1 saturated carbocycles. The van der Waals surface area contributed by atoms with Crippen LogP contribution >= 0.6 is 11.6 Å². The van der Waals surface area contributed by atoms with Gasteiger partial charge in [0.1, 0.15) is 11.5 Å². The number of nitrogens with one attached hydrogen (secondary N) is 1. The number of anilines is 1. The second-order valence-corrected chi connectivity index (χ2v) is 7.80. The Morgan fingerprint density at radius 1 is 1.11 bits per heavy atom. The van der Waals surface area contributed by atoms with E-state index in [-0.39, 0.29) is 18.8 Å². The minimum absolute atomic E-state index is 0.0355. The molecule has 2 atom stereocenters. The number of alkyl halides is 3. The van der Waals surface area contributed by atoms with E-state index in [1.165, 1.54) is 0 Å². The fourth-order valence-electron chi connectivity index (χ4n) is 3.73. The number of ether oxygens (including phenoxy) is 1. The van der Waals surface area contributed by atoms with Crippen molar-refractivity contribution in [3.05, 3.63) is 53.1 Å². The summed E-state index contributed by atoms with van der Waals surface area (Å²) in [7, 11) is 0. The van der Waals surface area contributed by atoms with Crippen LogP contribution in [0, 0.1) is 11.8 Å². The molecule has 2 unspecified atom stereocenters. The number of halogens is 4. The van der Waals surface area contributed by atoms with Gasteiger partial charge in [0, 0.05) is 23.3 Å². The van der Waals surface area contributed by atoms with Gasteiger partial charge in [0.2, 0.25) is 0 Å². The van der Waals surface area contributed by atoms with Crippen molar-refractivity contribution in [3.63, 3.8) is 0 Å². The molecule has 0 bridgehead atoms. The standard InChI is InChI=1S/C22H25ClF3NO/c1-2-16-12-20(9-10-21(16)23)28-19-8-4-7-18(13-19)27-14-15-5-3-6-17(11-15)22(24,25)26/h4,7-10,12-13,15,17,27H,2-3,5-6,11,14H2,1H3. The van der Waals surface area contributed by atoms with Gasteiger partial charge in [-0.1, -0.05) is 31.0 Å². The molecule has 0 amide bonds. The van der Waals surface area contributed by atoms with Crippen molar-refractivity contribution in [2.24, 2.45) is 11.8 Å². The highest BCUT2D eigenvalue weighted by atomic mass is 35.5. The Bertz CT molecular complexity index is 794. The van der Waals surface area contributed by atoms with E-state index in [4.69, 9.17) is 16.3 Å². The van der Waals surface area contributed by atoms with Crippen LogP contribution in [0.15, 0.2) is 42.5 Å². The van der Waals surface area contributed by atoms with Crippen molar-refractivity contribution < 1.29 is 17.9 Å². The normalized spacial score (nSPS) is 20.0. The van der Waals surface area contributed by atoms with Crippen molar-refractivity contribution in [3.8, 4) is 11.5 Å². The molecular formula is C22H25ClF3NO. The van der Waals surface area contributed by atoms with Crippen LogP contribution in [-0.4, -0.2) is 12.7 Å². The molecule has 0 spiro atoms. The van der Waals surface area contributed by atoms with E-state index in [2.05, 4.69) is 5.32 Å². The first-order chi connectivity index (χ1) is 13.3. The van der Waals surface area contributed by atoms with E-state index < -0.39 is 12.1 Å². The van der Waals surface area contributed by atoms with Gasteiger partial charge < -0.3 is 10.1 Å². The van der Waals surface area contributed by atoms with Crippen molar-refractivity contribution in [2.75, 3.05) is 11.9 Å². The molecular weight excluding hydrogens is 387 g/mol. The molecule has 0 aliphatic heterocycles. The summed E-state index contributed by atoms with van der Waals surface area (Å²) >= 11 is 6.14. The third-order valence-electron chi connectivity index (χ3n) is 5.31. The molecule has 2 aromatic carbocycles. The summed E-state index contributed by atoms with van der Waals surface area (Å²) in [5, 5.41) is 3.99. The minimum Gasteiger partial charge on any atom is -0.457 e. The lowest BCUT2D eigenvalue weighted by Gasteiger charge is -2.30. The van der Waals surface area contributed by atoms with Gasteiger partial charge in [0.15, 0.2) is 0 Å². The molecule has 1 fully saturated rings. The topological polar surface area (TPSA) is 21.3 Å². The summed E-state index contributed by atoms with van der Waals surface area (Å²) in [6.07, 6.45) is -1.34. The Kier molecular flexibility index (Phi) is 6.76. The summed E-state index contributed by atoms with van der Waals surface area (Å²) in [5.74, 6) is 0.249. The van der Waals surface area contributed by atoms with Crippen LogP contribution in [0.1, 0.15) is 38.2 Å². The number of benzene rings is 2. The molecule has 3 rings (SSSR count). The summed E-state index contributed by atoms with van der Waals surface area (Å²) < 4.78 is 44.8. The Morgan fingerprint density at radius 2 is 1.89 bits per heavy atom. The first kappa shape index (κ1) is 20.8. The average molecular weight is 412 g/mol. The van der Waals surface area contributed by atoms with E-state index >= 15 is 0 Å². The highest BCUT2D eigenvalue weighted by molar-refractivity contribution is 6.31. The molecule has 0 heterocycles. The predicted octanol–water partition coefficient (Wildman–Crippen LogP) is 7.48. The smallest absolute Gasteiger partial charge is 0.391 e. The molecule has 28 heavy (non-hydrogen) atoms. The number of hydrogen-bond donors (Lipinski definition) is 1. The second-order valence-electron chi connectivity index (χ2n) is 7.39. The van der Waals surface area contributed by atoms with Gasteiger partial charge >= 0.3 is 6.18 Å². The zero-order valence-corrected chi connectivity index (χ0v) is 16.6. The number of hydrogen-bond acceptors (Lipinski definition) is 2. The molecule has 0 saturated heterocycles. The van der Waals surface area contributed by atoms with Gasteiger partial charge in [-0.15, -0.1) is 0 Å². The van der Waals surface area contributed by atoms with Crippen molar-refractivity contribution in [1.29, 1.82) is 0 Å². The van der Waals surface area contributed by atoms with E-state index in [0.29, 0.717) is 24.5 Å². The van der Waals surface area contributed by atoms with E-state index in [0.717, 1.165) is 29.1 Å². The molecule has 0 radical (unpaired) electrons. The van der Waals surface area contributed by atoms with Crippen molar-refractivity contribution in [1.82, 2.24) is 0 Å². The highest BCUT2D eigenvalue weighted by Crippen LogP contribution is 2.40. The zero-order valence-electron chi connectivity index (χ0n) is 15.9. The van der Waals surface area contributed by atoms with Crippen LogP contribution in [0.5, 0.6) is 11.5 Å². The summed E-state index contributed by atoms with van der Waals surface area (Å²) in [4.78, 5) is 0. The summed E-state index contributed by atoms with van der Waals surface area (Å²) in [5.41, 5.74) is 1.86. The maximum absolute atomic E-state index is 13.0. The van der Waals surface area contributed by atoms with Gasteiger partial charge in [0.05, 0.1) is 5.92 Å². The van der Waals surface area contributed by atoms with E-state index in [9.17, 15) is 13.2 Å². The third kappa shape index (κ3) is 5.57. The molecule has 152 valence electrons. The van der Waals surface area contributed by atoms with Gasteiger partial charge in [-0.2, -0.15) is 13.2 Å². The quantitative estimate of drug-likeness (QED) is 0.532. The Labute approximate surface area is 169 Å². The average Bonchev–Trinajstić information content (AvgIpc) is 2.68. The van der Waals surface area contributed by atoms with Gasteiger partial charge in [-0.25, -0.2) is 0 Å². The summed E-state index contributed by atoms with van der Waals surface area (Å²) in [6, 6.07) is 13.0. The van der Waals surface area contributed by atoms with Crippen LogP contribution in [0.2, 0.25) is 5.02 Å². The number of aryl methyl sites for hydroxylation is 1. The predicted molar refractivity (Wildman–Crippen MR) is 107 cm³/mol. The van der Waals surface area contributed by atoms with E-state index in [1.54, 1.807) is 0 Å². The van der Waals surface area contributed by atoms with Crippen LogP contribution in [0.25, 0.3) is 0 Å². The monoisotopic (exact) mass is 411 g/mol. The zero-order chi connectivity index (χ0) is 20.1. The molecule has 1 aliphatic rings. The fraction of sp³-hybridized carbons (Fsp3) is 0.455. The van der Waals surface area contributed by atoms with Gasteiger partial charge in [0.25, 0.3) is 0 Å². The molecule has 1 aliphatic carbocycles. The van der Waals surface area contributed by atoms with E-state index in [1.807, 2.05) is 49.4 Å². The van der Waals surface area contributed by atoms with Crippen LogP contribution in [0.3, 0.4) is 0 Å². The third-order valence-corrected chi connectivity index (χ3v) is 5.68. The first-order valence-corrected chi connectivity index (χ1v) is 10.1. The Balaban J connectivity index is 1.59. The molecule has 2 aromatic rings. The van der Waals surface area contributed by atoms with Crippen molar-refractivity contribution in [2.45, 2.75) is 45.2 Å². The maximum Gasteiger partial charge on any atom is 0.391 e. The minimum atomic E-state index is -4.08. The molecule has 0 aromatic heterocycles. The van der Waals surface area contributed by atoms with Crippen molar-refractivity contribution >= 4 is 17.3 Å². The lowest BCUT2D eigenvalue weighted by Crippen LogP contribution is -2.31. The lowest BCUT2D eigenvalue weighted by molar-refractivity contribution is -0.185. The molecule has 2 nitrogen and oxygen atoms in total. The van der Waals surface area contributed by atoms with Crippen LogP contribution in [0.4, 0.5) is 18.9 Å².